The van der Waals surface area contributed by atoms with Gasteiger partial charge >= 0.3 is 17.8 Å². The molecule has 1 rings (SSSR count). The number of carbonyl (C=O) groups is 2. The van der Waals surface area contributed by atoms with E-state index >= 15 is 0 Å². The molecule has 1 unspecified atom stereocenters. The number of esters is 2. The van der Waals surface area contributed by atoms with Crippen LogP contribution in [0, 0.1) is 10.1 Å². The number of hydrogen-bond acceptors (Lipinski definition) is 7. The Hall–Kier alpha value is -2.71. The Balaban J connectivity index is 2.46. The van der Waals surface area contributed by atoms with Gasteiger partial charge in [-0.15, -0.1) is 0 Å². The Morgan fingerprint density at radius 2 is 2.20 bits per heavy atom. The first-order valence-electron chi connectivity index (χ1n) is 5.61. The highest BCUT2D eigenvalue weighted by molar-refractivity contribution is 5.77. The highest BCUT2D eigenvalue weighted by Crippen LogP contribution is 2.14. The van der Waals surface area contributed by atoms with E-state index in [9.17, 15) is 19.7 Å². The van der Waals surface area contributed by atoms with Gasteiger partial charge in [-0.2, -0.15) is 0 Å². The normalized spacial score (nSPS) is 11.4. The van der Waals surface area contributed by atoms with Crippen molar-refractivity contribution >= 4 is 17.8 Å². The third-order valence-electron chi connectivity index (χ3n) is 2.24. The molecule has 9 nitrogen and oxygen atoms in total. The summed E-state index contributed by atoms with van der Waals surface area (Å²) in [6.45, 7) is 4.73. The molecule has 0 aromatic carbocycles. The third-order valence-corrected chi connectivity index (χ3v) is 2.24. The summed E-state index contributed by atoms with van der Waals surface area (Å²) in [5.74, 6) is -1.57. The maximum absolute atomic E-state index is 11.5. The van der Waals surface area contributed by atoms with Gasteiger partial charge in [0.2, 0.25) is 6.33 Å². The van der Waals surface area contributed by atoms with Crippen LogP contribution in [0.5, 0.6) is 0 Å². The first kappa shape index (κ1) is 15.3. The molecule has 0 radical (unpaired) electrons. The third kappa shape index (κ3) is 4.52. The fraction of sp³-hybridized carbons (Fsp3) is 0.364. The largest absolute Gasteiger partial charge is 0.441 e. The van der Waals surface area contributed by atoms with Gasteiger partial charge in [0.25, 0.3) is 0 Å². The van der Waals surface area contributed by atoms with Crippen molar-refractivity contribution in [3.63, 3.8) is 0 Å². The summed E-state index contributed by atoms with van der Waals surface area (Å²) in [5.41, 5.74) is 0. The van der Waals surface area contributed by atoms with Crippen molar-refractivity contribution in [1.29, 1.82) is 0 Å². The molecule has 108 valence electrons. The number of carbonyl (C=O) groups excluding carboxylic acids is 2. The van der Waals surface area contributed by atoms with E-state index in [2.05, 4.69) is 16.3 Å². The Morgan fingerprint density at radius 3 is 2.75 bits per heavy atom. The number of nitro groups is 1. The monoisotopic (exact) mass is 283 g/mol. The average Bonchev–Trinajstić information content (AvgIpc) is 2.86. The lowest BCUT2D eigenvalue weighted by Gasteiger charge is -2.12. The minimum absolute atomic E-state index is 0.137. The number of ether oxygens (including phenoxy) is 2. The van der Waals surface area contributed by atoms with E-state index in [0.29, 0.717) is 0 Å². The summed E-state index contributed by atoms with van der Waals surface area (Å²) in [6.07, 6.45) is 2.24. The minimum atomic E-state index is -0.765. The van der Waals surface area contributed by atoms with Gasteiger partial charge in [0.1, 0.15) is 6.20 Å². The molecule has 20 heavy (non-hydrogen) atoms. The minimum Gasteiger partial charge on any atom is -0.441 e. The molecule has 0 spiro atoms. The molecular formula is C11H13N3O6. The fourth-order valence-corrected chi connectivity index (χ4v) is 1.28. The standard InChI is InChI=1S/C11H13N3O6/c1-3-19-10(15)4-5-11(16)20-8(2)13-6-9(12-7-13)14(17)18/h3,6-8H,1,4-5H2,2H3. The first-order chi connectivity index (χ1) is 9.43. The predicted molar refractivity (Wildman–Crippen MR) is 65.2 cm³/mol. The lowest BCUT2D eigenvalue weighted by atomic mass is 10.3. The molecule has 1 aromatic heterocycles. The van der Waals surface area contributed by atoms with Crippen molar-refractivity contribution in [2.45, 2.75) is 26.0 Å². The molecule has 0 saturated carbocycles. The van der Waals surface area contributed by atoms with Crippen LogP contribution in [0.4, 0.5) is 5.82 Å². The highest BCUT2D eigenvalue weighted by atomic mass is 16.6. The van der Waals surface area contributed by atoms with Crippen molar-refractivity contribution in [3.05, 3.63) is 35.5 Å². The van der Waals surface area contributed by atoms with Gasteiger partial charge in [0, 0.05) is 0 Å². The summed E-state index contributed by atoms with van der Waals surface area (Å²) >= 11 is 0. The molecule has 1 heterocycles. The molecule has 0 bridgehead atoms. The number of aromatic nitrogens is 2. The van der Waals surface area contributed by atoms with Crippen LogP contribution in [0.2, 0.25) is 0 Å². The Morgan fingerprint density at radius 1 is 1.55 bits per heavy atom. The zero-order valence-corrected chi connectivity index (χ0v) is 10.7. The van der Waals surface area contributed by atoms with Crippen LogP contribution in [0.3, 0.4) is 0 Å². The van der Waals surface area contributed by atoms with Crippen molar-refractivity contribution in [1.82, 2.24) is 9.55 Å². The van der Waals surface area contributed by atoms with E-state index in [4.69, 9.17) is 4.74 Å². The lowest BCUT2D eigenvalue weighted by molar-refractivity contribution is -0.389. The molecule has 0 aliphatic carbocycles. The molecule has 0 amide bonds. The van der Waals surface area contributed by atoms with Crippen molar-refractivity contribution < 1.29 is 24.0 Å². The van der Waals surface area contributed by atoms with E-state index in [0.717, 1.165) is 12.5 Å². The molecule has 0 aliphatic rings. The zero-order chi connectivity index (χ0) is 15.1. The van der Waals surface area contributed by atoms with Crippen molar-refractivity contribution in [3.8, 4) is 0 Å². The lowest BCUT2D eigenvalue weighted by Crippen LogP contribution is -2.14. The average molecular weight is 283 g/mol. The van der Waals surface area contributed by atoms with Gasteiger partial charge in [0.05, 0.1) is 19.1 Å². The van der Waals surface area contributed by atoms with Crippen LogP contribution in [0.15, 0.2) is 25.4 Å². The van der Waals surface area contributed by atoms with Crippen LogP contribution in [0.25, 0.3) is 0 Å². The summed E-state index contributed by atoms with van der Waals surface area (Å²) < 4.78 is 10.7. The molecule has 9 heteroatoms. The zero-order valence-electron chi connectivity index (χ0n) is 10.7. The quantitative estimate of drug-likeness (QED) is 0.321. The van der Waals surface area contributed by atoms with Gasteiger partial charge in [-0.05, 0) is 16.8 Å². The fourth-order valence-electron chi connectivity index (χ4n) is 1.28. The molecule has 1 aromatic rings. The smallest absolute Gasteiger partial charge is 0.381 e. The summed E-state index contributed by atoms with van der Waals surface area (Å²) in [7, 11) is 0. The Labute approximate surface area is 114 Å². The number of imidazole rings is 1. The second-order valence-corrected chi connectivity index (χ2v) is 3.68. The van der Waals surface area contributed by atoms with Crippen LogP contribution in [-0.2, 0) is 19.1 Å². The second-order valence-electron chi connectivity index (χ2n) is 3.68. The predicted octanol–water partition coefficient (Wildman–Crippen LogP) is 1.32. The first-order valence-corrected chi connectivity index (χ1v) is 5.61. The summed E-state index contributed by atoms with van der Waals surface area (Å²) in [4.78, 5) is 35.8. The van der Waals surface area contributed by atoms with Crippen molar-refractivity contribution in [2.24, 2.45) is 0 Å². The van der Waals surface area contributed by atoms with Crippen LogP contribution < -0.4 is 0 Å². The SMILES string of the molecule is C=COC(=O)CCC(=O)OC(C)n1cnc([N+](=O)[O-])c1. The van der Waals surface area contributed by atoms with Gasteiger partial charge in [-0.25, -0.2) is 0 Å². The molecule has 0 N–H and O–H groups in total. The summed E-state index contributed by atoms with van der Waals surface area (Å²) in [6, 6.07) is 0. The van der Waals surface area contributed by atoms with Crippen LogP contribution in [-0.4, -0.2) is 26.4 Å². The topological polar surface area (TPSA) is 114 Å². The van der Waals surface area contributed by atoms with E-state index in [1.165, 1.54) is 17.8 Å². The van der Waals surface area contributed by atoms with Crippen LogP contribution in [0.1, 0.15) is 26.0 Å². The van der Waals surface area contributed by atoms with E-state index in [-0.39, 0.29) is 18.7 Å². The van der Waals surface area contributed by atoms with E-state index in [1.807, 2.05) is 0 Å². The van der Waals surface area contributed by atoms with Gasteiger partial charge < -0.3 is 19.6 Å². The maximum Gasteiger partial charge on any atom is 0.381 e. The molecular weight excluding hydrogens is 270 g/mol. The van der Waals surface area contributed by atoms with E-state index in [1.54, 1.807) is 0 Å². The van der Waals surface area contributed by atoms with Gasteiger partial charge in [0.15, 0.2) is 6.23 Å². The molecule has 0 fully saturated rings. The Kier molecular flexibility index (Phi) is 5.39. The number of nitrogens with zero attached hydrogens (tertiary/aromatic N) is 3. The molecule has 0 aliphatic heterocycles. The molecule has 0 saturated heterocycles. The summed E-state index contributed by atoms with van der Waals surface area (Å²) in [5, 5.41) is 10.5. The second kappa shape index (κ2) is 7.02. The van der Waals surface area contributed by atoms with Gasteiger partial charge in [-0.3, -0.25) is 14.2 Å². The van der Waals surface area contributed by atoms with Gasteiger partial charge in [-0.1, -0.05) is 6.58 Å². The Bertz CT molecular complexity index is 524. The maximum atomic E-state index is 11.5. The number of hydrogen-bond donors (Lipinski definition) is 0. The van der Waals surface area contributed by atoms with E-state index < -0.39 is 23.1 Å². The van der Waals surface area contributed by atoms with Crippen LogP contribution >= 0.6 is 0 Å². The highest BCUT2D eigenvalue weighted by Gasteiger charge is 2.17. The molecule has 1 atom stereocenters. The number of rotatable bonds is 7. The van der Waals surface area contributed by atoms with Crippen molar-refractivity contribution in [2.75, 3.05) is 0 Å².